The van der Waals surface area contributed by atoms with Crippen LogP contribution in [0.1, 0.15) is 71.1 Å². The van der Waals surface area contributed by atoms with Gasteiger partial charge in [0, 0.05) is 43.2 Å². The van der Waals surface area contributed by atoms with Crippen LogP contribution in [-0.4, -0.2) is 44.7 Å². The molecule has 1 spiro atoms. The first-order chi connectivity index (χ1) is 14.5. The molecule has 1 N–H and O–H groups in total. The number of hydrogen-bond acceptors (Lipinski definition) is 4. The third-order valence-corrected chi connectivity index (χ3v) is 8.18. The molecule has 1 aliphatic heterocycles. The zero-order chi connectivity index (χ0) is 21.1. The largest absolute Gasteiger partial charge is 0.392 e. The van der Waals surface area contributed by atoms with Crippen molar-refractivity contribution in [2.45, 2.75) is 83.8 Å². The Balaban J connectivity index is 1.46. The SMILES string of the molecule is CC(CC1CCCCC1)C(=O)N1CCC(Cn2cnccc2=O)C2(CCCC2O)C1. The molecule has 1 saturated heterocycles. The minimum absolute atomic E-state index is 0.0488. The molecule has 1 amide bonds. The van der Waals surface area contributed by atoms with E-state index in [-0.39, 0.29) is 28.7 Å². The van der Waals surface area contributed by atoms with E-state index in [0.717, 1.165) is 38.6 Å². The van der Waals surface area contributed by atoms with E-state index in [0.29, 0.717) is 19.0 Å². The number of piperidine rings is 1. The van der Waals surface area contributed by atoms with Crippen molar-refractivity contribution in [3.8, 4) is 0 Å². The van der Waals surface area contributed by atoms with Crippen molar-refractivity contribution >= 4 is 5.91 Å². The van der Waals surface area contributed by atoms with E-state index in [1.807, 2.05) is 4.90 Å². The summed E-state index contributed by atoms with van der Waals surface area (Å²) >= 11 is 0. The predicted molar refractivity (Wildman–Crippen MR) is 116 cm³/mol. The monoisotopic (exact) mass is 415 g/mol. The Morgan fingerprint density at radius 3 is 2.73 bits per heavy atom. The second kappa shape index (κ2) is 9.21. The van der Waals surface area contributed by atoms with E-state index in [9.17, 15) is 14.7 Å². The summed E-state index contributed by atoms with van der Waals surface area (Å²) in [6, 6.07) is 1.49. The number of amides is 1. The van der Waals surface area contributed by atoms with Crippen LogP contribution in [-0.2, 0) is 11.3 Å². The first-order valence-electron chi connectivity index (χ1n) is 12.0. The van der Waals surface area contributed by atoms with Crippen LogP contribution < -0.4 is 5.56 Å². The molecule has 0 bridgehead atoms. The van der Waals surface area contributed by atoms with E-state index >= 15 is 0 Å². The highest BCUT2D eigenvalue weighted by Gasteiger charge is 2.52. The van der Waals surface area contributed by atoms with Crippen molar-refractivity contribution in [2.24, 2.45) is 23.2 Å². The van der Waals surface area contributed by atoms with Crippen LogP contribution in [0.15, 0.2) is 23.4 Å². The second-order valence-corrected chi connectivity index (χ2v) is 10.1. The van der Waals surface area contributed by atoms with Gasteiger partial charge in [0.15, 0.2) is 0 Å². The summed E-state index contributed by atoms with van der Waals surface area (Å²) in [7, 11) is 0. The fraction of sp³-hybridized carbons (Fsp3) is 0.792. The van der Waals surface area contributed by atoms with Crippen molar-refractivity contribution in [3.05, 3.63) is 28.9 Å². The Kier molecular flexibility index (Phi) is 6.61. The predicted octanol–water partition coefficient (Wildman–Crippen LogP) is 3.23. The molecule has 166 valence electrons. The summed E-state index contributed by atoms with van der Waals surface area (Å²) < 4.78 is 1.67. The quantitative estimate of drug-likeness (QED) is 0.801. The highest BCUT2D eigenvalue weighted by molar-refractivity contribution is 5.78. The smallest absolute Gasteiger partial charge is 0.253 e. The summed E-state index contributed by atoms with van der Waals surface area (Å²) in [6.07, 6.45) is 13.7. The van der Waals surface area contributed by atoms with Crippen molar-refractivity contribution in [1.82, 2.24) is 14.5 Å². The standard InChI is InChI=1S/C24H37N3O3/c1-18(14-19-6-3-2-4-7-19)23(30)26-13-10-20(15-27-17-25-12-9-22(27)29)24(16-26)11-5-8-21(24)28/h9,12,17-21,28H,2-8,10-11,13-16H2,1H3. The Labute approximate surface area is 179 Å². The maximum absolute atomic E-state index is 13.3. The highest BCUT2D eigenvalue weighted by Crippen LogP contribution is 2.49. The van der Waals surface area contributed by atoms with Gasteiger partial charge in [0.2, 0.25) is 5.91 Å². The third kappa shape index (κ3) is 4.34. The van der Waals surface area contributed by atoms with Gasteiger partial charge in [-0.25, -0.2) is 4.98 Å². The van der Waals surface area contributed by atoms with E-state index in [2.05, 4.69) is 11.9 Å². The van der Waals surface area contributed by atoms with Gasteiger partial charge >= 0.3 is 0 Å². The topological polar surface area (TPSA) is 75.4 Å². The number of aliphatic hydroxyl groups excluding tert-OH is 1. The lowest BCUT2D eigenvalue weighted by Gasteiger charge is -2.49. The molecule has 0 aromatic carbocycles. The van der Waals surface area contributed by atoms with Crippen molar-refractivity contribution in [3.63, 3.8) is 0 Å². The molecule has 0 radical (unpaired) electrons. The van der Waals surface area contributed by atoms with Gasteiger partial charge in [-0.1, -0.05) is 45.4 Å². The number of carbonyl (C=O) groups is 1. The van der Waals surface area contributed by atoms with Crippen LogP contribution in [0.3, 0.4) is 0 Å². The van der Waals surface area contributed by atoms with Crippen molar-refractivity contribution in [2.75, 3.05) is 13.1 Å². The van der Waals surface area contributed by atoms with Gasteiger partial charge in [-0.3, -0.25) is 14.2 Å². The minimum atomic E-state index is -0.404. The number of aliphatic hydroxyl groups is 1. The van der Waals surface area contributed by atoms with Crippen LogP contribution in [0.5, 0.6) is 0 Å². The van der Waals surface area contributed by atoms with Gasteiger partial charge in [0.1, 0.15) is 0 Å². The number of hydrogen-bond donors (Lipinski definition) is 1. The molecular weight excluding hydrogens is 378 g/mol. The molecule has 4 unspecified atom stereocenters. The van der Waals surface area contributed by atoms with Crippen LogP contribution in [0, 0.1) is 23.2 Å². The summed E-state index contributed by atoms with van der Waals surface area (Å²) in [4.78, 5) is 31.7. The van der Waals surface area contributed by atoms with Gasteiger partial charge in [0.05, 0.1) is 12.4 Å². The molecule has 3 aliphatic rings. The molecule has 6 heteroatoms. The lowest BCUT2D eigenvalue weighted by atomic mass is 9.68. The maximum Gasteiger partial charge on any atom is 0.253 e. The second-order valence-electron chi connectivity index (χ2n) is 10.1. The molecule has 3 fully saturated rings. The molecule has 1 aromatic heterocycles. The Morgan fingerprint density at radius 1 is 1.23 bits per heavy atom. The van der Waals surface area contributed by atoms with E-state index in [1.54, 1.807) is 10.9 Å². The lowest BCUT2D eigenvalue weighted by molar-refractivity contribution is -0.144. The fourth-order valence-corrected chi connectivity index (χ4v) is 6.45. The highest BCUT2D eigenvalue weighted by atomic mass is 16.3. The zero-order valence-electron chi connectivity index (χ0n) is 18.3. The van der Waals surface area contributed by atoms with Crippen LogP contribution >= 0.6 is 0 Å². The summed E-state index contributed by atoms with van der Waals surface area (Å²) in [5, 5.41) is 11.0. The van der Waals surface area contributed by atoms with Gasteiger partial charge in [-0.05, 0) is 37.5 Å². The van der Waals surface area contributed by atoms with Gasteiger partial charge in [-0.2, -0.15) is 0 Å². The van der Waals surface area contributed by atoms with Crippen molar-refractivity contribution in [1.29, 1.82) is 0 Å². The number of nitrogens with zero attached hydrogens (tertiary/aromatic N) is 3. The Bertz CT molecular complexity index is 788. The zero-order valence-corrected chi connectivity index (χ0v) is 18.3. The fourth-order valence-electron chi connectivity index (χ4n) is 6.45. The molecule has 2 saturated carbocycles. The minimum Gasteiger partial charge on any atom is -0.392 e. The average molecular weight is 416 g/mol. The normalized spacial score (nSPS) is 31.2. The van der Waals surface area contributed by atoms with E-state index < -0.39 is 6.10 Å². The van der Waals surface area contributed by atoms with Gasteiger partial charge < -0.3 is 10.0 Å². The number of rotatable bonds is 5. The molecule has 1 aromatic rings. The number of likely N-dealkylation sites (tertiary alicyclic amines) is 1. The summed E-state index contributed by atoms with van der Waals surface area (Å²) in [5.74, 6) is 1.20. The Morgan fingerprint density at radius 2 is 2.03 bits per heavy atom. The van der Waals surface area contributed by atoms with Crippen LogP contribution in [0.2, 0.25) is 0 Å². The molecule has 6 nitrogen and oxygen atoms in total. The average Bonchev–Trinajstić information content (AvgIpc) is 3.11. The molecule has 2 aliphatic carbocycles. The van der Waals surface area contributed by atoms with E-state index in [4.69, 9.17) is 0 Å². The Hall–Kier alpha value is -1.69. The first-order valence-corrected chi connectivity index (χ1v) is 12.0. The molecule has 4 rings (SSSR count). The number of carbonyl (C=O) groups excluding carboxylic acids is 1. The van der Waals surface area contributed by atoms with E-state index in [1.165, 1.54) is 44.4 Å². The van der Waals surface area contributed by atoms with Crippen LogP contribution in [0.25, 0.3) is 0 Å². The summed E-state index contributed by atoms with van der Waals surface area (Å²) in [6.45, 7) is 4.02. The third-order valence-electron chi connectivity index (χ3n) is 8.18. The molecule has 2 heterocycles. The lowest BCUT2D eigenvalue weighted by Crippen LogP contribution is -2.56. The molecule has 30 heavy (non-hydrogen) atoms. The van der Waals surface area contributed by atoms with Crippen LogP contribution in [0.4, 0.5) is 0 Å². The number of aromatic nitrogens is 2. The van der Waals surface area contributed by atoms with Gasteiger partial charge in [-0.15, -0.1) is 0 Å². The maximum atomic E-state index is 13.3. The first kappa shape index (κ1) is 21.5. The molecule has 4 atom stereocenters. The van der Waals surface area contributed by atoms with Crippen molar-refractivity contribution < 1.29 is 9.90 Å². The summed E-state index contributed by atoms with van der Waals surface area (Å²) in [5.41, 5.74) is -0.347. The van der Waals surface area contributed by atoms with Gasteiger partial charge in [0.25, 0.3) is 5.56 Å². The molecular formula is C24H37N3O3.